The van der Waals surface area contributed by atoms with E-state index in [9.17, 15) is 4.79 Å². The van der Waals surface area contributed by atoms with E-state index in [0.29, 0.717) is 30.4 Å². The standard InChI is InChI=1S/C29H44N2O4/c1-3-5-6-7-8-9-10-11-12-15-28(32)35-26-18-16-25(17-19-26)29-30-23-27(24-31-29)34-22-14-13-21-33-20-4-2/h16-19,23-24H,3-15,20-22H2,1-2H3. The second-order valence-corrected chi connectivity index (χ2v) is 8.99. The van der Waals surface area contributed by atoms with E-state index in [1.165, 1.54) is 44.9 Å². The maximum absolute atomic E-state index is 12.1. The highest BCUT2D eigenvalue weighted by molar-refractivity contribution is 5.72. The number of carbonyl (C=O) groups is 1. The van der Waals surface area contributed by atoms with Gasteiger partial charge < -0.3 is 14.2 Å². The van der Waals surface area contributed by atoms with Crippen LogP contribution in [0.5, 0.6) is 11.5 Å². The van der Waals surface area contributed by atoms with Crippen LogP contribution in [0.1, 0.15) is 97.3 Å². The molecule has 1 heterocycles. The molecule has 0 spiro atoms. The lowest BCUT2D eigenvalue weighted by molar-refractivity contribution is -0.134. The first-order chi connectivity index (χ1) is 17.2. The van der Waals surface area contributed by atoms with E-state index >= 15 is 0 Å². The van der Waals surface area contributed by atoms with Crippen LogP contribution in [0.2, 0.25) is 0 Å². The van der Waals surface area contributed by atoms with Gasteiger partial charge in [-0.05, 0) is 49.9 Å². The maximum Gasteiger partial charge on any atom is 0.311 e. The van der Waals surface area contributed by atoms with Crippen LogP contribution < -0.4 is 9.47 Å². The molecule has 6 heteroatoms. The van der Waals surface area contributed by atoms with Crippen LogP contribution in [0, 0.1) is 0 Å². The van der Waals surface area contributed by atoms with E-state index in [-0.39, 0.29) is 5.97 Å². The number of hydrogen-bond donors (Lipinski definition) is 0. The van der Waals surface area contributed by atoms with Gasteiger partial charge in [-0.3, -0.25) is 4.79 Å². The van der Waals surface area contributed by atoms with Gasteiger partial charge in [0.2, 0.25) is 0 Å². The quantitative estimate of drug-likeness (QED) is 0.110. The highest BCUT2D eigenvalue weighted by atomic mass is 16.5. The minimum absolute atomic E-state index is 0.171. The van der Waals surface area contributed by atoms with Gasteiger partial charge in [-0.15, -0.1) is 0 Å². The molecular formula is C29H44N2O4. The Labute approximate surface area is 211 Å². The Morgan fingerprint density at radius 1 is 0.686 bits per heavy atom. The molecule has 0 amide bonds. The molecule has 1 aromatic carbocycles. The number of rotatable bonds is 20. The third-order valence-corrected chi connectivity index (χ3v) is 5.76. The van der Waals surface area contributed by atoms with Crippen molar-refractivity contribution in [1.29, 1.82) is 0 Å². The monoisotopic (exact) mass is 484 g/mol. The third-order valence-electron chi connectivity index (χ3n) is 5.76. The van der Waals surface area contributed by atoms with Crippen LogP contribution in [-0.2, 0) is 9.53 Å². The zero-order valence-electron chi connectivity index (χ0n) is 21.8. The molecule has 0 fully saturated rings. The van der Waals surface area contributed by atoms with Crippen molar-refractivity contribution in [3.8, 4) is 22.9 Å². The van der Waals surface area contributed by atoms with Gasteiger partial charge in [0, 0.05) is 25.2 Å². The fraction of sp³-hybridized carbons (Fsp3) is 0.621. The van der Waals surface area contributed by atoms with Gasteiger partial charge in [0.25, 0.3) is 0 Å². The summed E-state index contributed by atoms with van der Waals surface area (Å²) in [6.45, 7) is 6.56. The molecule has 0 bridgehead atoms. The number of esters is 1. The molecule has 0 N–H and O–H groups in total. The van der Waals surface area contributed by atoms with Gasteiger partial charge in [-0.25, -0.2) is 9.97 Å². The van der Waals surface area contributed by atoms with Crippen molar-refractivity contribution >= 4 is 5.97 Å². The van der Waals surface area contributed by atoms with E-state index in [0.717, 1.165) is 50.9 Å². The largest absolute Gasteiger partial charge is 0.490 e. The number of benzene rings is 1. The summed E-state index contributed by atoms with van der Waals surface area (Å²) in [6.07, 6.45) is 17.9. The molecule has 35 heavy (non-hydrogen) atoms. The van der Waals surface area contributed by atoms with E-state index in [4.69, 9.17) is 14.2 Å². The van der Waals surface area contributed by atoms with Crippen LogP contribution >= 0.6 is 0 Å². The number of carbonyl (C=O) groups excluding carboxylic acids is 1. The molecule has 0 aliphatic carbocycles. The van der Waals surface area contributed by atoms with Crippen molar-refractivity contribution in [3.05, 3.63) is 36.7 Å². The van der Waals surface area contributed by atoms with Crippen molar-refractivity contribution in [3.63, 3.8) is 0 Å². The molecule has 6 nitrogen and oxygen atoms in total. The summed E-state index contributed by atoms with van der Waals surface area (Å²) in [5, 5.41) is 0. The van der Waals surface area contributed by atoms with Crippen molar-refractivity contribution in [2.45, 2.75) is 97.3 Å². The number of ether oxygens (including phenoxy) is 3. The molecule has 0 unspecified atom stereocenters. The maximum atomic E-state index is 12.1. The topological polar surface area (TPSA) is 70.5 Å². The van der Waals surface area contributed by atoms with Crippen LogP contribution in [-0.4, -0.2) is 35.8 Å². The minimum Gasteiger partial charge on any atom is -0.490 e. The lowest BCUT2D eigenvalue weighted by Gasteiger charge is -2.07. The second kappa shape index (κ2) is 18.8. The SMILES string of the molecule is CCCCCCCCCCCC(=O)Oc1ccc(-c2ncc(OCCCCOCCC)cn2)cc1. The van der Waals surface area contributed by atoms with Crippen LogP contribution in [0.15, 0.2) is 36.7 Å². The van der Waals surface area contributed by atoms with Crippen molar-refractivity contribution < 1.29 is 19.0 Å². The lowest BCUT2D eigenvalue weighted by atomic mass is 10.1. The molecule has 0 radical (unpaired) electrons. The Kier molecular flexibility index (Phi) is 15.5. The first-order valence-corrected chi connectivity index (χ1v) is 13.6. The third kappa shape index (κ3) is 13.3. The normalized spacial score (nSPS) is 10.9. The average molecular weight is 485 g/mol. The van der Waals surface area contributed by atoms with Gasteiger partial charge in [-0.2, -0.15) is 0 Å². The predicted octanol–water partition coefficient (Wildman–Crippen LogP) is 7.56. The van der Waals surface area contributed by atoms with Crippen molar-refractivity contribution in [1.82, 2.24) is 9.97 Å². The molecule has 0 aliphatic rings. The van der Waals surface area contributed by atoms with E-state index in [2.05, 4.69) is 23.8 Å². The highest BCUT2D eigenvalue weighted by Crippen LogP contribution is 2.21. The minimum atomic E-state index is -0.171. The zero-order chi connectivity index (χ0) is 25.0. The second-order valence-electron chi connectivity index (χ2n) is 8.99. The molecule has 0 aliphatic heterocycles. The van der Waals surface area contributed by atoms with Gasteiger partial charge in [0.15, 0.2) is 11.6 Å². The fourth-order valence-electron chi connectivity index (χ4n) is 3.72. The molecule has 0 saturated heterocycles. The molecular weight excluding hydrogens is 440 g/mol. The molecule has 0 atom stereocenters. The van der Waals surface area contributed by atoms with Gasteiger partial charge in [-0.1, -0.05) is 65.2 Å². The lowest BCUT2D eigenvalue weighted by Crippen LogP contribution is -2.07. The summed E-state index contributed by atoms with van der Waals surface area (Å²) < 4.78 is 16.6. The summed E-state index contributed by atoms with van der Waals surface area (Å²) in [7, 11) is 0. The van der Waals surface area contributed by atoms with Gasteiger partial charge >= 0.3 is 5.97 Å². The van der Waals surface area contributed by atoms with Crippen molar-refractivity contribution in [2.75, 3.05) is 19.8 Å². The summed E-state index contributed by atoms with van der Waals surface area (Å²) in [5.41, 5.74) is 0.864. The van der Waals surface area contributed by atoms with Crippen LogP contribution in [0.3, 0.4) is 0 Å². The highest BCUT2D eigenvalue weighted by Gasteiger charge is 2.07. The Morgan fingerprint density at radius 2 is 1.31 bits per heavy atom. The Morgan fingerprint density at radius 3 is 1.97 bits per heavy atom. The Bertz CT molecular complexity index is 793. The Hall–Kier alpha value is -2.47. The summed E-state index contributed by atoms with van der Waals surface area (Å²) in [4.78, 5) is 20.9. The van der Waals surface area contributed by atoms with Crippen LogP contribution in [0.4, 0.5) is 0 Å². The van der Waals surface area contributed by atoms with Crippen LogP contribution in [0.25, 0.3) is 11.4 Å². The first kappa shape index (κ1) is 28.8. The van der Waals surface area contributed by atoms with E-state index in [1.54, 1.807) is 24.5 Å². The molecule has 194 valence electrons. The zero-order valence-corrected chi connectivity index (χ0v) is 21.8. The average Bonchev–Trinajstić information content (AvgIpc) is 2.88. The number of unbranched alkanes of at least 4 members (excludes halogenated alkanes) is 9. The Balaban J connectivity index is 1.61. The number of nitrogens with zero attached hydrogens (tertiary/aromatic N) is 2. The number of aromatic nitrogens is 2. The summed E-state index contributed by atoms with van der Waals surface area (Å²) in [6, 6.07) is 7.32. The first-order valence-electron chi connectivity index (χ1n) is 13.6. The molecule has 1 aromatic heterocycles. The number of hydrogen-bond acceptors (Lipinski definition) is 6. The van der Waals surface area contributed by atoms with Gasteiger partial charge in [0.05, 0.1) is 19.0 Å². The molecule has 2 rings (SSSR count). The van der Waals surface area contributed by atoms with E-state index in [1.807, 2.05) is 12.1 Å². The van der Waals surface area contributed by atoms with Crippen molar-refractivity contribution in [2.24, 2.45) is 0 Å². The predicted molar refractivity (Wildman–Crippen MR) is 141 cm³/mol. The fourth-order valence-corrected chi connectivity index (χ4v) is 3.72. The summed E-state index contributed by atoms with van der Waals surface area (Å²) >= 11 is 0. The van der Waals surface area contributed by atoms with E-state index < -0.39 is 0 Å². The van der Waals surface area contributed by atoms with Gasteiger partial charge in [0.1, 0.15) is 5.75 Å². The molecule has 0 saturated carbocycles. The molecule has 2 aromatic rings. The summed E-state index contributed by atoms with van der Waals surface area (Å²) in [5.74, 6) is 1.65. The smallest absolute Gasteiger partial charge is 0.311 e.